The number of anilines is 1. The second kappa shape index (κ2) is 3.26. The predicted molar refractivity (Wildman–Crippen MR) is 49.1 cm³/mol. The maximum atomic E-state index is 5.53. The van der Waals surface area contributed by atoms with E-state index < -0.39 is 0 Å². The number of hydrogen-bond donors (Lipinski definition) is 1. The van der Waals surface area contributed by atoms with E-state index in [1.807, 2.05) is 0 Å². The summed E-state index contributed by atoms with van der Waals surface area (Å²) in [6.07, 6.45) is 2.57. The Hall–Kier alpha value is -1.23. The van der Waals surface area contributed by atoms with E-state index in [1.54, 1.807) is 0 Å². The molecule has 13 heavy (non-hydrogen) atoms. The molecule has 1 atom stereocenters. The summed E-state index contributed by atoms with van der Waals surface area (Å²) in [4.78, 5) is 6.43. The third-order valence-electron chi connectivity index (χ3n) is 2.35. The van der Waals surface area contributed by atoms with Gasteiger partial charge in [0.25, 0.3) is 0 Å². The molecule has 1 fully saturated rings. The smallest absolute Gasteiger partial charge is 0.157 e. The number of rotatable bonds is 1. The minimum atomic E-state index is 0.404. The van der Waals surface area contributed by atoms with Crippen molar-refractivity contribution < 1.29 is 0 Å². The van der Waals surface area contributed by atoms with E-state index in [1.165, 1.54) is 6.20 Å². The quantitative estimate of drug-likeness (QED) is 0.650. The lowest BCUT2D eigenvalue weighted by Gasteiger charge is -2.07. The molecule has 1 aliphatic heterocycles. The fourth-order valence-corrected chi connectivity index (χ4v) is 1.65. The van der Waals surface area contributed by atoms with Gasteiger partial charge in [0.15, 0.2) is 5.82 Å². The lowest BCUT2D eigenvalue weighted by Crippen LogP contribution is -2.15. The van der Waals surface area contributed by atoms with Gasteiger partial charge in [0.2, 0.25) is 0 Å². The van der Waals surface area contributed by atoms with Crippen LogP contribution in [-0.4, -0.2) is 40.2 Å². The summed E-state index contributed by atoms with van der Waals surface area (Å²) in [5.74, 6) is 1.64. The number of nitrogens with two attached hydrogens (primary N) is 1. The van der Waals surface area contributed by atoms with Gasteiger partial charge in [-0.05, 0) is 20.0 Å². The third kappa shape index (κ3) is 1.75. The SMILES string of the molecule is CN1CCC(c2nncc(N)n2)C1. The highest BCUT2D eigenvalue weighted by atomic mass is 15.2. The molecule has 0 aliphatic carbocycles. The minimum Gasteiger partial charge on any atom is -0.382 e. The first-order valence-electron chi connectivity index (χ1n) is 4.39. The first-order chi connectivity index (χ1) is 6.25. The second-order valence-corrected chi connectivity index (χ2v) is 3.49. The second-order valence-electron chi connectivity index (χ2n) is 3.49. The summed E-state index contributed by atoms with van der Waals surface area (Å²) in [7, 11) is 2.10. The molecule has 0 saturated carbocycles. The monoisotopic (exact) mass is 179 g/mol. The van der Waals surface area contributed by atoms with Gasteiger partial charge in [-0.3, -0.25) is 0 Å². The van der Waals surface area contributed by atoms with Crippen LogP contribution < -0.4 is 5.73 Å². The molecule has 2 N–H and O–H groups in total. The molecule has 0 radical (unpaired) electrons. The van der Waals surface area contributed by atoms with Gasteiger partial charge >= 0.3 is 0 Å². The van der Waals surface area contributed by atoms with E-state index >= 15 is 0 Å². The van der Waals surface area contributed by atoms with Crippen molar-refractivity contribution in [2.24, 2.45) is 0 Å². The van der Waals surface area contributed by atoms with Crippen LogP contribution in [0.4, 0.5) is 5.82 Å². The van der Waals surface area contributed by atoms with E-state index in [4.69, 9.17) is 5.73 Å². The molecule has 1 aromatic heterocycles. The number of likely N-dealkylation sites (N-methyl/N-ethyl adjacent to an activating group) is 1. The van der Waals surface area contributed by atoms with Crippen LogP contribution in [0.15, 0.2) is 6.20 Å². The van der Waals surface area contributed by atoms with Crippen LogP contribution in [0.2, 0.25) is 0 Å². The van der Waals surface area contributed by atoms with Gasteiger partial charge in [0.1, 0.15) is 5.82 Å². The number of hydrogen-bond acceptors (Lipinski definition) is 5. The highest BCUT2D eigenvalue weighted by molar-refractivity contribution is 5.22. The van der Waals surface area contributed by atoms with E-state index in [-0.39, 0.29) is 0 Å². The Bertz CT molecular complexity index is 300. The van der Waals surface area contributed by atoms with Crippen molar-refractivity contribution in [2.45, 2.75) is 12.3 Å². The predicted octanol–water partition coefficient (Wildman–Crippen LogP) is -0.127. The Balaban J connectivity index is 2.16. The van der Waals surface area contributed by atoms with Crippen LogP contribution in [0, 0.1) is 0 Å². The molecule has 2 rings (SSSR count). The summed E-state index contributed by atoms with van der Waals surface area (Å²) in [6, 6.07) is 0. The lowest BCUT2D eigenvalue weighted by molar-refractivity contribution is 0.409. The Morgan fingerprint density at radius 1 is 1.62 bits per heavy atom. The number of nitrogen functional groups attached to an aromatic ring is 1. The molecule has 1 unspecified atom stereocenters. The van der Waals surface area contributed by atoms with Crippen molar-refractivity contribution in [1.82, 2.24) is 20.1 Å². The topological polar surface area (TPSA) is 67.9 Å². The standard InChI is InChI=1S/C8H13N5/c1-13-3-2-6(5-13)8-11-7(9)4-10-12-8/h4,6H,2-3,5H2,1H3,(H2,9,11,12). The van der Waals surface area contributed by atoms with E-state index in [0.717, 1.165) is 25.3 Å². The Morgan fingerprint density at radius 2 is 2.46 bits per heavy atom. The molecule has 0 bridgehead atoms. The normalized spacial score (nSPS) is 23.6. The summed E-state index contributed by atoms with van der Waals surface area (Å²) < 4.78 is 0. The number of aromatic nitrogens is 3. The highest BCUT2D eigenvalue weighted by Gasteiger charge is 2.23. The Labute approximate surface area is 77.0 Å². The zero-order valence-corrected chi connectivity index (χ0v) is 7.64. The average Bonchev–Trinajstić information content (AvgIpc) is 2.52. The van der Waals surface area contributed by atoms with E-state index in [9.17, 15) is 0 Å². The highest BCUT2D eigenvalue weighted by Crippen LogP contribution is 2.22. The van der Waals surface area contributed by atoms with E-state index in [0.29, 0.717) is 11.7 Å². The number of likely N-dealkylation sites (tertiary alicyclic amines) is 1. The zero-order chi connectivity index (χ0) is 9.26. The molecule has 0 aromatic carbocycles. The molecule has 5 heteroatoms. The molecule has 70 valence electrons. The maximum absolute atomic E-state index is 5.53. The lowest BCUT2D eigenvalue weighted by atomic mass is 10.1. The van der Waals surface area contributed by atoms with E-state index in [2.05, 4.69) is 27.1 Å². The first kappa shape index (κ1) is 8.37. The molecule has 5 nitrogen and oxygen atoms in total. The van der Waals surface area contributed by atoms with Crippen LogP contribution in [-0.2, 0) is 0 Å². The summed E-state index contributed by atoms with van der Waals surface area (Å²) >= 11 is 0. The molecule has 0 amide bonds. The van der Waals surface area contributed by atoms with Crippen LogP contribution in [0.3, 0.4) is 0 Å². The molecule has 1 saturated heterocycles. The molecular weight excluding hydrogens is 166 g/mol. The van der Waals surface area contributed by atoms with Crippen LogP contribution in [0.1, 0.15) is 18.2 Å². The zero-order valence-electron chi connectivity index (χ0n) is 7.64. The van der Waals surface area contributed by atoms with Gasteiger partial charge in [-0.15, -0.1) is 5.10 Å². The van der Waals surface area contributed by atoms with Crippen molar-refractivity contribution in [2.75, 3.05) is 25.9 Å². The average molecular weight is 179 g/mol. The van der Waals surface area contributed by atoms with Crippen molar-refractivity contribution in [3.63, 3.8) is 0 Å². The molecule has 1 aliphatic rings. The van der Waals surface area contributed by atoms with Crippen molar-refractivity contribution in [3.05, 3.63) is 12.0 Å². The fourth-order valence-electron chi connectivity index (χ4n) is 1.65. The van der Waals surface area contributed by atoms with Gasteiger partial charge in [0.05, 0.1) is 6.20 Å². The largest absolute Gasteiger partial charge is 0.382 e. The van der Waals surface area contributed by atoms with Gasteiger partial charge in [0, 0.05) is 12.5 Å². The summed E-state index contributed by atoms with van der Waals surface area (Å²) in [5.41, 5.74) is 5.53. The van der Waals surface area contributed by atoms with Crippen molar-refractivity contribution >= 4 is 5.82 Å². The summed E-state index contributed by atoms with van der Waals surface area (Å²) in [5, 5.41) is 7.79. The first-order valence-corrected chi connectivity index (χ1v) is 4.39. The maximum Gasteiger partial charge on any atom is 0.157 e. The third-order valence-corrected chi connectivity index (χ3v) is 2.35. The number of nitrogens with zero attached hydrogens (tertiary/aromatic N) is 4. The summed E-state index contributed by atoms with van der Waals surface area (Å²) in [6.45, 7) is 2.11. The van der Waals surface area contributed by atoms with Gasteiger partial charge in [-0.25, -0.2) is 4.98 Å². The molecule has 0 spiro atoms. The van der Waals surface area contributed by atoms with Crippen LogP contribution >= 0.6 is 0 Å². The van der Waals surface area contributed by atoms with Gasteiger partial charge in [-0.2, -0.15) is 5.10 Å². The molecular formula is C8H13N5. The van der Waals surface area contributed by atoms with Crippen LogP contribution in [0.5, 0.6) is 0 Å². The fraction of sp³-hybridized carbons (Fsp3) is 0.625. The van der Waals surface area contributed by atoms with Crippen molar-refractivity contribution in [1.29, 1.82) is 0 Å². The van der Waals surface area contributed by atoms with Gasteiger partial charge < -0.3 is 10.6 Å². The Kier molecular flexibility index (Phi) is 2.10. The van der Waals surface area contributed by atoms with Crippen molar-refractivity contribution in [3.8, 4) is 0 Å². The Morgan fingerprint density at radius 3 is 3.08 bits per heavy atom. The molecule has 2 heterocycles. The van der Waals surface area contributed by atoms with Gasteiger partial charge in [-0.1, -0.05) is 0 Å². The molecule has 1 aromatic rings. The minimum absolute atomic E-state index is 0.404. The van der Waals surface area contributed by atoms with Crippen LogP contribution in [0.25, 0.3) is 0 Å².